The minimum Gasteiger partial charge on any atom is -0.369 e. The molecule has 0 aliphatic carbocycles. The predicted molar refractivity (Wildman–Crippen MR) is 102 cm³/mol. The molecule has 4 rings (SSSR count). The Labute approximate surface area is 161 Å². The molecule has 0 aromatic heterocycles. The molecule has 7 heteroatoms. The highest BCUT2D eigenvalue weighted by molar-refractivity contribution is 6.09. The first-order valence-corrected chi connectivity index (χ1v) is 9.24. The van der Waals surface area contributed by atoms with E-state index >= 15 is 0 Å². The molecule has 2 aromatic rings. The van der Waals surface area contributed by atoms with E-state index in [-0.39, 0.29) is 35.9 Å². The number of hydrogen-bond acceptors (Lipinski definition) is 5. The summed E-state index contributed by atoms with van der Waals surface area (Å²) in [6, 6.07) is 12.5. The summed E-state index contributed by atoms with van der Waals surface area (Å²) < 4.78 is 13.0. The second-order valence-corrected chi connectivity index (χ2v) is 7.04. The molecular weight excluding hydrogens is 361 g/mol. The number of ketones is 1. The molecule has 6 nitrogen and oxygen atoms in total. The minimum absolute atomic E-state index is 0.145. The quantitative estimate of drug-likeness (QED) is 0.644. The molecule has 0 bridgehead atoms. The standard InChI is InChI=1S/C21H20FN3O3/c22-16-5-1-14(2-6-16)20(27)15-3-7-17(8-4-15)24-9-11-25(12-10-24)18-13-19(26)23-21(18)28/h1-8,18H,9-13H2,(H,23,26,28)/t18-/m1/s1. The molecule has 2 heterocycles. The van der Waals surface area contributed by atoms with Gasteiger partial charge in [-0.2, -0.15) is 0 Å². The van der Waals surface area contributed by atoms with Gasteiger partial charge < -0.3 is 4.90 Å². The molecule has 2 aliphatic rings. The lowest BCUT2D eigenvalue weighted by Crippen LogP contribution is -2.52. The first-order chi connectivity index (χ1) is 13.5. The summed E-state index contributed by atoms with van der Waals surface area (Å²) >= 11 is 0. The lowest BCUT2D eigenvalue weighted by molar-refractivity contribution is -0.126. The fraction of sp³-hybridized carbons (Fsp3) is 0.286. The molecule has 2 saturated heterocycles. The van der Waals surface area contributed by atoms with Gasteiger partial charge in [0, 0.05) is 43.0 Å². The molecule has 1 atom stereocenters. The molecule has 1 N–H and O–H groups in total. The van der Waals surface area contributed by atoms with Crippen LogP contribution in [0.1, 0.15) is 22.3 Å². The minimum atomic E-state index is -0.370. The maximum atomic E-state index is 13.0. The average Bonchev–Trinajstić information content (AvgIpc) is 3.06. The molecule has 2 amide bonds. The second kappa shape index (κ2) is 7.52. The van der Waals surface area contributed by atoms with E-state index in [2.05, 4.69) is 10.2 Å². The van der Waals surface area contributed by atoms with Crippen LogP contribution in [0.4, 0.5) is 10.1 Å². The highest BCUT2D eigenvalue weighted by Gasteiger charge is 2.36. The van der Waals surface area contributed by atoms with Gasteiger partial charge in [0.25, 0.3) is 0 Å². The van der Waals surface area contributed by atoms with Gasteiger partial charge in [0.05, 0.1) is 12.5 Å². The highest BCUT2D eigenvalue weighted by Crippen LogP contribution is 2.21. The van der Waals surface area contributed by atoms with E-state index in [1.54, 1.807) is 12.1 Å². The molecule has 2 aromatic carbocycles. The van der Waals surface area contributed by atoms with E-state index in [9.17, 15) is 18.8 Å². The number of imide groups is 1. The normalized spacial score (nSPS) is 20.3. The van der Waals surface area contributed by atoms with E-state index in [0.717, 1.165) is 18.8 Å². The van der Waals surface area contributed by atoms with Crippen LogP contribution in [0.2, 0.25) is 0 Å². The molecule has 144 valence electrons. The maximum Gasteiger partial charge on any atom is 0.244 e. The van der Waals surface area contributed by atoms with Crippen LogP contribution >= 0.6 is 0 Å². The van der Waals surface area contributed by atoms with E-state index in [1.807, 2.05) is 17.0 Å². The van der Waals surface area contributed by atoms with Crippen molar-refractivity contribution in [3.63, 3.8) is 0 Å². The summed E-state index contributed by atoms with van der Waals surface area (Å²) in [6.45, 7) is 2.87. The molecule has 0 radical (unpaired) electrons. The number of carbonyl (C=O) groups is 3. The molecule has 0 spiro atoms. The SMILES string of the molecule is O=C1C[C@@H](N2CCN(c3ccc(C(=O)c4ccc(F)cc4)cc3)CC2)C(=O)N1. The second-order valence-electron chi connectivity index (χ2n) is 7.04. The van der Waals surface area contributed by atoms with Gasteiger partial charge in [-0.3, -0.25) is 24.6 Å². The number of nitrogens with one attached hydrogen (secondary N) is 1. The Balaban J connectivity index is 1.38. The molecule has 28 heavy (non-hydrogen) atoms. The zero-order valence-electron chi connectivity index (χ0n) is 15.2. The molecule has 0 saturated carbocycles. The van der Waals surface area contributed by atoms with Crippen molar-refractivity contribution >= 4 is 23.3 Å². The smallest absolute Gasteiger partial charge is 0.244 e. The van der Waals surface area contributed by atoms with Gasteiger partial charge in [-0.15, -0.1) is 0 Å². The van der Waals surface area contributed by atoms with Crippen molar-refractivity contribution in [3.8, 4) is 0 Å². The van der Waals surface area contributed by atoms with Gasteiger partial charge >= 0.3 is 0 Å². The Kier molecular flexibility index (Phi) is 4.92. The van der Waals surface area contributed by atoms with E-state index in [1.165, 1.54) is 24.3 Å². The highest BCUT2D eigenvalue weighted by atomic mass is 19.1. The van der Waals surface area contributed by atoms with Crippen molar-refractivity contribution in [1.29, 1.82) is 0 Å². The Bertz CT molecular complexity index is 903. The Morgan fingerprint density at radius 3 is 2.00 bits per heavy atom. The molecule has 0 unspecified atom stereocenters. The van der Waals surface area contributed by atoms with Crippen LogP contribution in [0.25, 0.3) is 0 Å². The zero-order chi connectivity index (χ0) is 19.7. The van der Waals surface area contributed by atoms with Crippen molar-refractivity contribution in [2.75, 3.05) is 31.1 Å². The summed E-state index contributed by atoms with van der Waals surface area (Å²) in [5.41, 5.74) is 2.00. The molecule has 2 fully saturated rings. The molecular formula is C21H20FN3O3. The van der Waals surface area contributed by atoms with E-state index in [0.29, 0.717) is 24.2 Å². The van der Waals surface area contributed by atoms with Crippen LogP contribution in [-0.2, 0) is 9.59 Å². The molecule has 2 aliphatic heterocycles. The third-order valence-electron chi connectivity index (χ3n) is 5.30. The fourth-order valence-corrected chi connectivity index (χ4v) is 3.72. The third kappa shape index (κ3) is 3.66. The number of carbonyl (C=O) groups excluding carboxylic acids is 3. The van der Waals surface area contributed by atoms with Crippen LogP contribution in [0.5, 0.6) is 0 Å². The van der Waals surface area contributed by atoms with Crippen LogP contribution in [0.15, 0.2) is 48.5 Å². The summed E-state index contributed by atoms with van der Waals surface area (Å²) in [7, 11) is 0. The monoisotopic (exact) mass is 381 g/mol. The number of halogens is 1. The van der Waals surface area contributed by atoms with Gasteiger partial charge in [0.2, 0.25) is 11.8 Å². The van der Waals surface area contributed by atoms with Gasteiger partial charge in [0.15, 0.2) is 5.78 Å². The summed E-state index contributed by atoms with van der Waals surface area (Å²) in [5, 5.41) is 2.35. The number of nitrogens with zero attached hydrogens (tertiary/aromatic N) is 2. The lowest BCUT2D eigenvalue weighted by atomic mass is 10.0. The number of piperazine rings is 1. The van der Waals surface area contributed by atoms with Gasteiger partial charge in [-0.25, -0.2) is 4.39 Å². The number of hydrogen-bond donors (Lipinski definition) is 1. The Morgan fingerprint density at radius 2 is 1.46 bits per heavy atom. The zero-order valence-corrected chi connectivity index (χ0v) is 15.2. The Morgan fingerprint density at radius 1 is 0.893 bits per heavy atom. The van der Waals surface area contributed by atoms with Crippen LogP contribution in [0, 0.1) is 5.82 Å². The predicted octanol–water partition coefficient (Wildman–Crippen LogP) is 1.59. The first-order valence-electron chi connectivity index (χ1n) is 9.24. The lowest BCUT2D eigenvalue weighted by Gasteiger charge is -2.38. The van der Waals surface area contributed by atoms with Crippen LogP contribution < -0.4 is 10.2 Å². The van der Waals surface area contributed by atoms with Crippen molar-refractivity contribution in [3.05, 3.63) is 65.5 Å². The fourth-order valence-electron chi connectivity index (χ4n) is 3.72. The van der Waals surface area contributed by atoms with Gasteiger partial charge in [0.1, 0.15) is 5.82 Å². The van der Waals surface area contributed by atoms with Crippen molar-refractivity contribution in [1.82, 2.24) is 10.2 Å². The maximum absolute atomic E-state index is 13.0. The largest absolute Gasteiger partial charge is 0.369 e. The number of amides is 2. The van der Waals surface area contributed by atoms with Gasteiger partial charge in [-0.05, 0) is 48.5 Å². The van der Waals surface area contributed by atoms with E-state index in [4.69, 9.17) is 0 Å². The average molecular weight is 381 g/mol. The van der Waals surface area contributed by atoms with Crippen molar-refractivity contribution in [2.24, 2.45) is 0 Å². The van der Waals surface area contributed by atoms with Crippen LogP contribution in [0.3, 0.4) is 0 Å². The first kappa shape index (κ1) is 18.3. The summed E-state index contributed by atoms with van der Waals surface area (Å²) in [6.07, 6.45) is 0.235. The summed E-state index contributed by atoms with van der Waals surface area (Å²) in [5.74, 6) is -0.931. The van der Waals surface area contributed by atoms with Crippen LogP contribution in [-0.4, -0.2) is 54.7 Å². The summed E-state index contributed by atoms with van der Waals surface area (Å²) in [4.78, 5) is 39.9. The van der Waals surface area contributed by atoms with E-state index < -0.39 is 0 Å². The number of anilines is 1. The Hall–Kier alpha value is -3.06. The number of benzene rings is 2. The van der Waals surface area contributed by atoms with Crippen molar-refractivity contribution in [2.45, 2.75) is 12.5 Å². The third-order valence-corrected chi connectivity index (χ3v) is 5.30. The number of rotatable bonds is 4. The van der Waals surface area contributed by atoms with Gasteiger partial charge in [-0.1, -0.05) is 0 Å². The van der Waals surface area contributed by atoms with Crippen molar-refractivity contribution < 1.29 is 18.8 Å². The topological polar surface area (TPSA) is 69.7 Å².